The normalized spacial score (nSPS) is 14.6. The van der Waals surface area contributed by atoms with Gasteiger partial charge in [0.1, 0.15) is 0 Å². The summed E-state index contributed by atoms with van der Waals surface area (Å²) in [6, 6.07) is 23.3. The van der Waals surface area contributed by atoms with E-state index >= 15 is 0 Å². The molecule has 0 aliphatic heterocycles. The third kappa shape index (κ3) is 3.01. The average molecular weight is 415 g/mol. The van der Waals surface area contributed by atoms with E-state index in [9.17, 15) is 0 Å². The lowest BCUT2D eigenvalue weighted by Gasteiger charge is -2.19. The van der Waals surface area contributed by atoms with Gasteiger partial charge in [-0.3, -0.25) is 0 Å². The first-order chi connectivity index (χ1) is 19.2. The SMILES string of the molecule is [2H]c1c([2H])c([2H])c2c(-c3ccccc3-c3ccccc3)c3c([2H])c([2H])c([2H])c([2H])c3c(-c3ccccc3)c2c1[2H]. The third-order valence-corrected chi connectivity index (χ3v) is 5.72. The van der Waals surface area contributed by atoms with Crippen LogP contribution in [0.15, 0.2) is 133 Å². The first-order valence-corrected chi connectivity index (χ1v) is 10.4. The molecule has 0 atom stereocenters. The highest BCUT2D eigenvalue weighted by Crippen LogP contribution is 2.45. The Kier molecular flexibility index (Phi) is 2.94. The average Bonchev–Trinajstić information content (AvgIpc) is 3.00. The second-order valence-corrected chi connectivity index (χ2v) is 7.53. The zero-order chi connectivity index (χ0) is 28.3. The van der Waals surface area contributed by atoms with Crippen LogP contribution in [0.25, 0.3) is 54.9 Å². The maximum Gasteiger partial charge on any atom is 0.0629 e. The topological polar surface area (TPSA) is 0 Å². The molecular formula is C32H22. The molecule has 6 rings (SSSR count). The molecule has 0 aromatic heterocycles. The molecule has 0 N–H and O–H groups in total. The molecule has 0 amide bonds. The van der Waals surface area contributed by atoms with Crippen LogP contribution in [0.1, 0.15) is 11.0 Å². The van der Waals surface area contributed by atoms with E-state index in [-0.39, 0.29) is 45.7 Å². The van der Waals surface area contributed by atoms with E-state index in [0.717, 1.165) is 11.1 Å². The Bertz CT molecular complexity index is 1890. The first kappa shape index (κ1) is 12.0. The Morgan fingerprint density at radius 1 is 0.375 bits per heavy atom. The summed E-state index contributed by atoms with van der Waals surface area (Å²) >= 11 is 0. The summed E-state index contributed by atoms with van der Waals surface area (Å²) in [5.41, 5.74) is 3.55. The molecule has 6 aromatic rings. The van der Waals surface area contributed by atoms with Gasteiger partial charge in [0.15, 0.2) is 0 Å². The summed E-state index contributed by atoms with van der Waals surface area (Å²) in [6.07, 6.45) is 0. The zero-order valence-electron chi connectivity index (χ0n) is 25.1. The molecule has 0 saturated carbocycles. The lowest BCUT2D eigenvalue weighted by Crippen LogP contribution is -1.92. The van der Waals surface area contributed by atoms with E-state index in [1.54, 1.807) is 24.3 Å². The van der Waals surface area contributed by atoms with Gasteiger partial charge in [-0.2, -0.15) is 0 Å². The van der Waals surface area contributed by atoms with Crippen LogP contribution in [0.2, 0.25) is 0 Å². The van der Waals surface area contributed by atoms with Crippen molar-refractivity contribution in [3.63, 3.8) is 0 Å². The lowest BCUT2D eigenvalue weighted by molar-refractivity contribution is 1.60. The quantitative estimate of drug-likeness (QED) is 0.253. The van der Waals surface area contributed by atoms with Gasteiger partial charge in [0.05, 0.1) is 11.0 Å². The van der Waals surface area contributed by atoms with Crippen LogP contribution in [0, 0.1) is 0 Å². The predicted octanol–water partition coefficient (Wildman–Crippen LogP) is 8.99. The van der Waals surface area contributed by atoms with Crippen molar-refractivity contribution in [2.45, 2.75) is 0 Å². The van der Waals surface area contributed by atoms with E-state index in [0.29, 0.717) is 22.3 Å². The van der Waals surface area contributed by atoms with Gasteiger partial charge < -0.3 is 0 Å². The summed E-state index contributed by atoms with van der Waals surface area (Å²) < 4.78 is 70.3. The fourth-order valence-electron chi connectivity index (χ4n) is 4.36. The third-order valence-electron chi connectivity index (χ3n) is 5.72. The molecule has 0 nitrogen and oxygen atoms in total. The monoisotopic (exact) mass is 414 g/mol. The molecule has 0 heteroatoms. The second-order valence-electron chi connectivity index (χ2n) is 7.53. The second kappa shape index (κ2) is 7.83. The first-order valence-electron chi connectivity index (χ1n) is 14.4. The van der Waals surface area contributed by atoms with Crippen LogP contribution in [0.3, 0.4) is 0 Å². The minimum atomic E-state index is -0.407. The van der Waals surface area contributed by atoms with E-state index in [2.05, 4.69) is 0 Å². The molecule has 0 fully saturated rings. The molecule has 0 aliphatic carbocycles. The number of rotatable bonds is 3. The van der Waals surface area contributed by atoms with Crippen molar-refractivity contribution in [2.75, 3.05) is 0 Å². The van der Waals surface area contributed by atoms with Gasteiger partial charge in [0.2, 0.25) is 0 Å². The highest BCUT2D eigenvalue weighted by molar-refractivity contribution is 6.22. The fourth-order valence-corrected chi connectivity index (χ4v) is 4.36. The Morgan fingerprint density at radius 2 is 0.781 bits per heavy atom. The Hall–Kier alpha value is -4.16. The number of hydrogen-bond donors (Lipinski definition) is 0. The van der Waals surface area contributed by atoms with Gasteiger partial charge in [-0.25, -0.2) is 0 Å². The zero-order valence-corrected chi connectivity index (χ0v) is 17.1. The van der Waals surface area contributed by atoms with Crippen LogP contribution in [-0.2, 0) is 0 Å². The molecule has 0 spiro atoms. The summed E-state index contributed by atoms with van der Waals surface area (Å²) in [4.78, 5) is 0. The maximum absolute atomic E-state index is 9.06. The minimum Gasteiger partial charge on any atom is -0.0622 e. The number of hydrogen-bond acceptors (Lipinski definition) is 0. The van der Waals surface area contributed by atoms with E-state index < -0.39 is 24.2 Å². The predicted molar refractivity (Wildman–Crippen MR) is 138 cm³/mol. The number of benzene rings is 6. The minimum absolute atomic E-state index is 0.214. The molecule has 6 aromatic carbocycles. The van der Waals surface area contributed by atoms with Crippen LogP contribution in [-0.4, -0.2) is 0 Å². The Balaban J connectivity index is 2.00. The summed E-state index contributed by atoms with van der Waals surface area (Å²) in [7, 11) is 0. The van der Waals surface area contributed by atoms with E-state index in [1.165, 1.54) is 0 Å². The molecule has 0 saturated heterocycles. The van der Waals surface area contributed by atoms with Crippen LogP contribution in [0.4, 0.5) is 0 Å². The van der Waals surface area contributed by atoms with Crippen molar-refractivity contribution in [1.82, 2.24) is 0 Å². The Labute approximate surface area is 199 Å². The summed E-state index contributed by atoms with van der Waals surface area (Å²) in [6.45, 7) is 0. The van der Waals surface area contributed by atoms with Crippen molar-refractivity contribution < 1.29 is 11.0 Å². The van der Waals surface area contributed by atoms with Gasteiger partial charge >= 0.3 is 0 Å². The largest absolute Gasteiger partial charge is 0.0629 e. The molecular weight excluding hydrogens is 384 g/mol. The fraction of sp³-hybridized carbons (Fsp3) is 0. The molecule has 0 radical (unpaired) electrons. The van der Waals surface area contributed by atoms with Crippen LogP contribution in [0.5, 0.6) is 0 Å². The van der Waals surface area contributed by atoms with Crippen molar-refractivity contribution in [3.05, 3.63) is 133 Å². The highest BCUT2D eigenvalue weighted by atomic mass is 14.2. The molecule has 0 bridgehead atoms. The van der Waals surface area contributed by atoms with Gasteiger partial charge in [-0.05, 0) is 54.9 Å². The molecule has 0 unspecified atom stereocenters. The van der Waals surface area contributed by atoms with Crippen LogP contribution >= 0.6 is 0 Å². The molecule has 0 aliphatic rings. The van der Waals surface area contributed by atoms with Gasteiger partial charge in [0, 0.05) is 0 Å². The van der Waals surface area contributed by atoms with Crippen molar-refractivity contribution >= 4 is 21.5 Å². The molecule has 32 heavy (non-hydrogen) atoms. The summed E-state index contributed by atoms with van der Waals surface area (Å²) in [5, 5.41) is 0.858. The lowest BCUT2D eigenvalue weighted by atomic mass is 9.84. The summed E-state index contributed by atoms with van der Waals surface area (Å²) in [5.74, 6) is 0. The van der Waals surface area contributed by atoms with E-state index in [1.807, 2.05) is 60.7 Å². The van der Waals surface area contributed by atoms with Crippen molar-refractivity contribution in [3.8, 4) is 33.4 Å². The van der Waals surface area contributed by atoms with Gasteiger partial charge in [-0.1, -0.05) is 133 Å². The highest BCUT2D eigenvalue weighted by Gasteiger charge is 2.18. The van der Waals surface area contributed by atoms with Crippen molar-refractivity contribution in [1.29, 1.82) is 0 Å². The van der Waals surface area contributed by atoms with E-state index in [4.69, 9.17) is 11.0 Å². The number of fused-ring (bicyclic) bond motifs is 2. The van der Waals surface area contributed by atoms with Gasteiger partial charge in [0.25, 0.3) is 0 Å². The van der Waals surface area contributed by atoms with Gasteiger partial charge in [-0.15, -0.1) is 0 Å². The smallest absolute Gasteiger partial charge is 0.0622 e. The standard InChI is InChI=1S/C32H22/c1-3-13-23(14-4-1)25-17-7-8-18-26(25)32-29-21-11-9-19-27(29)31(24-15-5-2-6-16-24)28-20-10-12-22-30(28)32/h1-22H/i9D,10D,11D,12D,19D,20D,21D,22D. The van der Waals surface area contributed by atoms with Crippen molar-refractivity contribution in [2.24, 2.45) is 0 Å². The molecule has 150 valence electrons. The Morgan fingerprint density at radius 3 is 1.31 bits per heavy atom. The van der Waals surface area contributed by atoms with Crippen LogP contribution < -0.4 is 0 Å². The molecule has 0 heterocycles. The maximum atomic E-state index is 9.06.